The third kappa shape index (κ3) is 1.73. The minimum atomic E-state index is -0.0868. The van der Waals surface area contributed by atoms with Gasteiger partial charge >= 0.3 is 0 Å². The van der Waals surface area contributed by atoms with E-state index in [4.69, 9.17) is 0 Å². The summed E-state index contributed by atoms with van der Waals surface area (Å²) in [6, 6.07) is 0. The molecule has 2 nitrogen and oxygen atoms in total. The van der Waals surface area contributed by atoms with Gasteiger partial charge in [0.25, 0.3) is 0 Å². The van der Waals surface area contributed by atoms with Gasteiger partial charge in [-0.2, -0.15) is 0 Å². The van der Waals surface area contributed by atoms with Crippen molar-refractivity contribution in [1.29, 1.82) is 0 Å². The molecule has 66 valence electrons. The Hall–Kier alpha value is -0.530. The lowest BCUT2D eigenvalue weighted by molar-refractivity contribution is -0.130. The highest BCUT2D eigenvalue weighted by Gasteiger charge is 2.31. The zero-order chi connectivity index (χ0) is 8.32. The minimum Gasteiger partial charge on any atom is -0.356 e. The van der Waals surface area contributed by atoms with Crippen molar-refractivity contribution in [3.05, 3.63) is 0 Å². The van der Waals surface area contributed by atoms with Gasteiger partial charge < -0.3 is 5.32 Å². The lowest BCUT2D eigenvalue weighted by atomic mass is 9.82. The van der Waals surface area contributed by atoms with Crippen LogP contribution in [0.15, 0.2) is 0 Å². The van der Waals surface area contributed by atoms with Crippen LogP contribution in [0.4, 0.5) is 0 Å². The molecule has 0 saturated carbocycles. The predicted molar refractivity (Wildman–Crippen MR) is 47.4 cm³/mol. The largest absolute Gasteiger partial charge is 0.356 e. The lowest BCUT2D eigenvalue weighted by Crippen LogP contribution is -2.36. The van der Waals surface area contributed by atoms with Crippen LogP contribution in [0, 0.1) is 5.41 Å². The van der Waals surface area contributed by atoms with E-state index in [0.717, 1.165) is 25.8 Å². The van der Waals surface area contributed by atoms with Gasteiger partial charge in [0.1, 0.15) is 0 Å². The van der Waals surface area contributed by atoms with E-state index in [-0.39, 0.29) is 12.7 Å². The standard InChI is InChI=1S/C9H17NO.H2/c1-3-9(2)6-4-5-7-10-8(9)11;/h3-7H2,1-2H3,(H,10,11);1H/t9-;/m0./s1. The van der Waals surface area contributed by atoms with Gasteiger partial charge in [0.05, 0.1) is 0 Å². The van der Waals surface area contributed by atoms with E-state index in [9.17, 15) is 4.79 Å². The molecule has 0 aliphatic carbocycles. The van der Waals surface area contributed by atoms with Crippen molar-refractivity contribution in [3.8, 4) is 0 Å². The van der Waals surface area contributed by atoms with Crippen LogP contribution in [0.5, 0.6) is 0 Å². The normalized spacial score (nSPS) is 32.7. The Kier molecular flexibility index (Phi) is 2.53. The van der Waals surface area contributed by atoms with E-state index >= 15 is 0 Å². The summed E-state index contributed by atoms with van der Waals surface area (Å²) in [4.78, 5) is 11.5. The van der Waals surface area contributed by atoms with Gasteiger partial charge in [0.2, 0.25) is 5.91 Å². The van der Waals surface area contributed by atoms with Gasteiger partial charge in [0.15, 0.2) is 0 Å². The van der Waals surface area contributed by atoms with Crippen molar-refractivity contribution in [2.45, 2.75) is 39.5 Å². The van der Waals surface area contributed by atoms with Gasteiger partial charge in [-0.05, 0) is 19.3 Å². The Bertz CT molecular complexity index is 161. The maximum atomic E-state index is 11.5. The average Bonchev–Trinajstić information content (AvgIpc) is 2.16. The Balaban J connectivity index is 0.00000121. The number of nitrogens with one attached hydrogen (secondary N) is 1. The van der Waals surface area contributed by atoms with Crippen molar-refractivity contribution >= 4 is 5.91 Å². The van der Waals surface area contributed by atoms with Crippen molar-refractivity contribution in [2.24, 2.45) is 5.41 Å². The highest BCUT2D eigenvalue weighted by Crippen LogP contribution is 2.29. The molecule has 1 fully saturated rings. The molecule has 2 heteroatoms. The summed E-state index contributed by atoms with van der Waals surface area (Å²) >= 11 is 0. The first kappa shape index (κ1) is 8.57. The molecule has 0 aromatic heterocycles. The topological polar surface area (TPSA) is 29.1 Å². The molecule has 1 atom stereocenters. The Morgan fingerprint density at radius 2 is 2.36 bits per heavy atom. The van der Waals surface area contributed by atoms with Gasteiger partial charge in [-0.1, -0.05) is 20.3 Å². The molecule has 0 aromatic carbocycles. The molecule has 0 aromatic rings. The first-order valence-corrected chi connectivity index (χ1v) is 4.47. The van der Waals surface area contributed by atoms with E-state index in [0.29, 0.717) is 0 Å². The monoisotopic (exact) mass is 157 g/mol. The van der Waals surface area contributed by atoms with Crippen LogP contribution in [0.1, 0.15) is 41.0 Å². The molecule has 0 unspecified atom stereocenters. The summed E-state index contributed by atoms with van der Waals surface area (Å²) in [6.07, 6.45) is 4.33. The molecule has 1 aliphatic rings. The Morgan fingerprint density at radius 3 is 3.00 bits per heavy atom. The quantitative estimate of drug-likeness (QED) is 0.619. The Morgan fingerprint density at radius 1 is 1.64 bits per heavy atom. The van der Waals surface area contributed by atoms with E-state index in [1.54, 1.807) is 0 Å². The van der Waals surface area contributed by atoms with Crippen LogP contribution in [0.25, 0.3) is 0 Å². The average molecular weight is 157 g/mol. The first-order valence-electron chi connectivity index (χ1n) is 4.47. The zero-order valence-corrected chi connectivity index (χ0v) is 7.44. The van der Waals surface area contributed by atoms with Crippen LogP contribution in [-0.4, -0.2) is 12.5 Å². The highest BCUT2D eigenvalue weighted by molar-refractivity contribution is 5.82. The second kappa shape index (κ2) is 3.24. The maximum absolute atomic E-state index is 11.5. The third-order valence-corrected chi connectivity index (χ3v) is 2.77. The summed E-state index contributed by atoms with van der Waals surface area (Å²) in [5.41, 5.74) is -0.0868. The zero-order valence-electron chi connectivity index (χ0n) is 7.44. The fraction of sp³-hybridized carbons (Fsp3) is 0.889. The van der Waals surface area contributed by atoms with Gasteiger partial charge in [-0.15, -0.1) is 0 Å². The smallest absolute Gasteiger partial charge is 0.225 e. The minimum absolute atomic E-state index is 0. The molecule has 1 rings (SSSR count). The molecule has 1 amide bonds. The van der Waals surface area contributed by atoms with E-state index in [1.807, 2.05) is 0 Å². The van der Waals surface area contributed by atoms with E-state index in [2.05, 4.69) is 19.2 Å². The molecule has 11 heavy (non-hydrogen) atoms. The molecular weight excluding hydrogens is 138 g/mol. The van der Waals surface area contributed by atoms with Crippen molar-refractivity contribution in [1.82, 2.24) is 5.32 Å². The number of hydrogen-bond acceptors (Lipinski definition) is 1. The fourth-order valence-electron chi connectivity index (χ4n) is 1.51. The number of carbonyl (C=O) groups excluding carboxylic acids is 1. The SMILES string of the molecule is CC[C@@]1(C)CCCCNC1=O.[HH]. The van der Waals surface area contributed by atoms with Crippen LogP contribution in [0.3, 0.4) is 0 Å². The molecule has 1 saturated heterocycles. The van der Waals surface area contributed by atoms with Crippen molar-refractivity contribution in [2.75, 3.05) is 6.54 Å². The summed E-state index contributed by atoms with van der Waals surface area (Å²) in [5, 5.41) is 2.95. The molecule has 1 aliphatic heterocycles. The molecule has 0 bridgehead atoms. The number of carbonyl (C=O) groups is 1. The summed E-state index contributed by atoms with van der Waals surface area (Å²) in [6.45, 7) is 5.02. The summed E-state index contributed by atoms with van der Waals surface area (Å²) in [5.74, 6) is 0.248. The van der Waals surface area contributed by atoms with Crippen LogP contribution < -0.4 is 5.32 Å². The van der Waals surface area contributed by atoms with E-state index in [1.165, 1.54) is 6.42 Å². The van der Waals surface area contributed by atoms with Gasteiger partial charge in [0, 0.05) is 13.4 Å². The van der Waals surface area contributed by atoms with Crippen molar-refractivity contribution in [3.63, 3.8) is 0 Å². The number of hydrogen-bond donors (Lipinski definition) is 1. The number of rotatable bonds is 1. The van der Waals surface area contributed by atoms with E-state index < -0.39 is 0 Å². The Labute approximate surface area is 69.8 Å². The fourth-order valence-corrected chi connectivity index (χ4v) is 1.51. The highest BCUT2D eigenvalue weighted by atomic mass is 16.2. The van der Waals surface area contributed by atoms with Gasteiger partial charge in [-0.25, -0.2) is 0 Å². The summed E-state index contributed by atoms with van der Waals surface area (Å²) in [7, 11) is 0. The second-order valence-corrected chi connectivity index (χ2v) is 3.63. The number of amides is 1. The molecule has 0 radical (unpaired) electrons. The predicted octanol–water partition coefficient (Wildman–Crippen LogP) is 1.95. The van der Waals surface area contributed by atoms with Crippen LogP contribution >= 0.6 is 0 Å². The van der Waals surface area contributed by atoms with Crippen LogP contribution in [-0.2, 0) is 4.79 Å². The molecule has 1 N–H and O–H groups in total. The summed E-state index contributed by atoms with van der Waals surface area (Å²) < 4.78 is 0. The molecule has 1 heterocycles. The lowest BCUT2D eigenvalue weighted by Gasteiger charge is -2.23. The maximum Gasteiger partial charge on any atom is 0.225 e. The van der Waals surface area contributed by atoms with Crippen LogP contribution in [0.2, 0.25) is 0 Å². The second-order valence-electron chi connectivity index (χ2n) is 3.63. The third-order valence-electron chi connectivity index (χ3n) is 2.77. The molecule has 0 spiro atoms. The van der Waals surface area contributed by atoms with Crippen molar-refractivity contribution < 1.29 is 6.22 Å². The van der Waals surface area contributed by atoms with Gasteiger partial charge in [-0.3, -0.25) is 4.79 Å². The molecular formula is C9H19NO. The first-order chi connectivity index (χ1) is 5.19.